The van der Waals surface area contributed by atoms with E-state index in [0.717, 1.165) is 24.2 Å². The predicted molar refractivity (Wildman–Crippen MR) is 102 cm³/mol. The van der Waals surface area contributed by atoms with Crippen LogP contribution >= 0.6 is 0 Å². The Balaban J connectivity index is 1.62. The first-order valence-corrected chi connectivity index (χ1v) is 10.3. The molecule has 2 N–H and O–H groups in total. The second-order valence-electron chi connectivity index (χ2n) is 10.5. The van der Waals surface area contributed by atoms with Gasteiger partial charge in [-0.15, -0.1) is 0 Å². The number of carbonyl (C=O) groups is 1. The molecule has 2 saturated carbocycles. The van der Waals surface area contributed by atoms with Gasteiger partial charge in [0.25, 0.3) is 0 Å². The van der Waals surface area contributed by atoms with Crippen LogP contribution in [0.25, 0.3) is 0 Å². The first-order chi connectivity index (χ1) is 12.2. The zero-order valence-electron chi connectivity index (χ0n) is 16.5. The molecule has 140 valence electrons. The van der Waals surface area contributed by atoms with E-state index in [1.165, 1.54) is 30.4 Å². The Kier molecular flexibility index (Phi) is 3.18. The maximum atomic E-state index is 11.9. The van der Waals surface area contributed by atoms with E-state index < -0.39 is 0 Å². The van der Waals surface area contributed by atoms with E-state index >= 15 is 0 Å². The molecule has 1 heterocycles. The first-order valence-electron chi connectivity index (χ1n) is 10.3. The number of hydrogen-bond donors (Lipinski definition) is 1. The van der Waals surface area contributed by atoms with Crippen LogP contribution in [0.5, 0.6) is 5.75 Å². The summed E-state index contributed by atoms with van der Waals surface area (Å²) in [5.74, 6) is 2.08. The second-order valence-corrected chi connectivity index (χ2v) is 10.5. The van der Waals surface area contributed by atoms with Gasteiger partial charge in [0.15, 0.2) is 0 Å². The summed E-state index contributed by atoms with van der Waals surface area (Å²) < 4.78 is 5.67. The molecule has 5 unspecified atom stereocenters. The summed E-state index contributed by atoms with van der Waals surface area (Å²) in [5, 5.41) is 0. The number of esters is 1. The number of hydrogen-bond acceptors (Lipinski definition) is 3. The molecule has 1 aromatic rings. The van der Waals surface area contributed by atoms with Crippen LogP contribution in [-0.2, 0) is 23.1 Å². The van der Waals surface area contributed by atoms with Crippen LogP contribution in [0.15, 0.2) is 12.1 Å². The summed E-state index contributed by atoms with van der Waals surface area (Å²) in [6.07, 6.45) is 6.30. The Labute approximate surface area is 156 Å². The molecule has 4 aliphatic rings. The summed E-state index contributed by atoms with van der Waals surface area (Å²) in [6, 6.07) is 4.75. The normalized spacial score (nSPS) is 42.5. The molecular formula is C23H31NO2. The van der Waals surface area contributed by atoms with E-state index in [1.54, 1.807) is 0 Å². The van der Waals surface area contributed by atoms with Gasteiger partial charge in [0.2, 0.25) is 0 Å². The van der Waals surface area contributed by atoms with E-state index in [4.69, 9.17) is 10.5 Å². The quantitative estimate of drug-likeness (QED) is 0.563. The molecule has 0 aromatic heterocycles. The number of rotatable bonds is 0. The lowest BCUT2D eigenvalue weighted by molar-refractivity contribution is -0.131. The zero-order chi connectivity index (χ0) is 18.5. The molecule has 3 heteroatoms. The largest absolute Gasteiger partial charge is 0.426 e. The highest BCUT2D eigenvalue weighted by Crippen LogP contribution is 2.68. The van der Waals surface area contributed by atoms with Crippen molar-refractivity contribution in [3.05, 3.63) is 28.8 Å². The second kappa shape index (κ2) is 4.92. The molecule has 0 saturated heterocycles. The summed E-state index contributed by atoms with van der Waals surface area (Å²) >= 11 is 0. The Hall–Kier alpha value is -1.35. The van der Waals surface area contributed by atoms with E-state index in [2.05, 4.69) is 39.8 Å². The third-order valence-electron chi connectivity index (χ3n) is 9.08. The van der Waals surface area contributed by atoms with Crippen LogP contribution in [0.1, 0.15) is 70.1 Å². The average molecular weight is 354 g/mol. The molecule has 0 amide bonds. The van der Waals surface area contributed by atoms with Crippen LogP contribution < -0.4 is 10.5 Å². The fourth-order valence-electron chi connectivity index (χ4n) is 7.56. The van der Waals surface area contributed by atoms with E-state index in [0.29, 0.717) is 29.7 Å². The summed E-state index contributed by atoms with van der Waals surface area (Å²) in [6.45, 7) is 9.79. The number of carbonyl (C=O) groups excluding carboxylic acids is 1. The lowest BCUT2D eigenvalue weighted by Crippen LogP contribution is -2.60. The summed E-state index contributed by atoms with van der Waals surface area (Å²) in [5.41, 5.74) is 11.1. The molecule has 1 aromatic carbocycles. The Morgan fingerprint density at radius 3 is 2.62 bits per heavy atom. The number of benzene rings is 1. The molecule has 2 fully saturated rings. The topological polar surface area (TPSA) is 52.3 Å². The third kappa shape index (κ3) is 1.86. The minimum absolute atomic E-state index is 0.0951. The van der Waals surface area contributed by atoms with Crippen molar-refractivity contribution in [3.8, 4) is 5.75 Å². The smallest absolute Gasteiger partial charge is 0.315 e. The standard InChI is InChI=1S/C23H31NO2/c1-21(2)16-7-9-22(3)15-6-5-13-11-19(25)26-20(13)14(15)12-17(22)23(16,4)10-8-18(21)24/h5-6,16-18H,7-12,24H2,1-4H3. The molecule has 3 aliphatic carbocycles. The summed E-state index contributed by atoms with van der Waals surface area (Å²) in [7, 11) is 0. The van der Waals surface area contributed by atoms with Crippen molar-refractivity contribution in [2.24, 2.45) is 28.4 Å². The molecule has 0 spiro atoms. The van der Waals surface area contributed by atoms with Crippen LogP contribution in [0.2, 0.25) is 0 Å². The minimum Gasteiger partial charge on any atom is -0.426 e. The van der Waals surface area contributed by atoms with E-state index in [-0.39, 0.29) is 16.8 Å². The van der Waals surface area contributed by atoms with Crippen LogP contribution in [0, 0.1) is 22.7 Å². The van der Waals surface area contributed by atoms with Crippen molar-refractivity contribution in [3.63, 3.8) is 0 Å². The highest BCUT2D eigenvalue weighted by molar-refractivity contribution is 5.82. The number of nitrogens with two attached hydrogens (primary N) is 1. The lowest BCUT2D eigenvalue weighted by atomic mass is 9.43. The van der Waals surface area contributed by atoms with Crippen LogP contribution in [-0.4, -0.2) is 12.0 Å². The SMILES string of the molecule is CC12CCC3C(C)(C)C(N)CCC3(C)C1Cc1c2ccc2c1OC(=O)C2. The maximum Gasteiger partial charge on any atom is 0.315 e. The van der Waals surface area contributed by atoms with Crippen molar-refractivity contribution in [2.75, 3.05) is 0 Å². The van der Waals surface area contributed by atoms with Crippen LogP contribution in [0.4, 0.5) is 0 Å². The third-order valence-corrected chi connectivity index (χ3v) is 9.08. The molecular weight excluding hydrogens is 322 g/mol. The molecule has 3 nitrogen and oxygen atoms in total. The van der Waals surface area contributed by atoms with Crippen molar-refractivity contribution < 1.29 is 9.53 Å². The van der Waals surface area contributed by atoms with Gasteiger partial charge in [-0.1, -0.05) is 39.8 Å². The highest BCUT2D eigenvalue weighted by Gasteiger charge is 2.62. The first kappa shape index (κ1) is 16.8. The Bertz CT molecular complexity index is 813. The zero-order valence-corrected chi connectivity index (χ0v) is 16.5. The van der Waals surface area contributed by atoms with Crippen molar-refractivity contribution in [1.29, 1.82) is 0 Å². The van der Waals surface area contributed by atoms with Gasteiger partial charge in [-0.2, -0.15) is 0 Å². The van der Waals surface area contributed by atoms with E-state index in [9.17, 15) is 4.79 Å². The molecule has 5 rings (SSSR count). The fourth-order valence-corrected chi connectivity index (χ4v) is 7.56. The highest BCUT2D eigenvalue weighted by atomic mass is 16.5. The van der Waals surface area contributed by atoms with Gasteiger partial charge >= 0.3 is 5.97 Å². The monoisotopic (exact) mass is 353 g/mol. The maximum absolute atomic E-state index is 11.9. The number of ether oxygens (including phenoxy) is 1. The Morgan fingerprint density at radius 1 is 1.08 bits per heavy atom. The lowest BCUT2D eigenvalue weighted by Gasteiger charge is -2.62. The van der Waals surface area contributed by atoms with Gasteiger partial charge in [-0.3, -0.25) is 4.79 Å². The van der Waals surface area contributed by atoms with Crippen LogP contribution in [0.3, 0.4) is 0 Å². The predicted octanol–water partition coefficient (Wildman–Crippen LogP) is 4.14. The minimum atomic E-state index is -0.0951. The van der Waals surface area contributed by atoms with Gasteiger partial charge in [0.05, 0.1) is 6.42 Å². The fraction of sp³-hybridized carbons (Fsp3) is 0.696. The molecule has 5 atom stereocenters. The molecule has 1 aliphatic heterocycles. The van der Waals surface area contributed by atoms with Gasteiger partial charge in [-0.25, -0.2) is 0 Å². The molecule has 0 bridgehead atoms. The van der Waals surface area contributed by atoms with E-state index in [1.807, 2.05) is 0 Å². The van der Waals surface area contributed by atoms with Crippen molar-refractivity contribution in [2.45, 2.75) is 77.7 Å². The van der Waals surface area contributed by atoms with Gasteiger partial charge < -0.3 is 10.5 Å². The van der Waals surface area contributed by atoms with Gasteiger partial charge in [0.1, 0.15) is 5.75 Å². The van der Waals surface area contributed by atoms with Crippen molar-refractivity contribution >= 4 is 5.97 Å². The number of fused-ring (bicyclic) bond motifs is 7. The Morgan fingerprint density at radius 2 is 1.85 bits per heavy atom. The average Bonchev–Trinajstić information content (AvgIpc) is 3.09. The van der Waals surface area contributed by atoms with Crippen molar-refractivity contribution in [1.82, 2.24) is 0 Å². The van der Waals surface area contributed by atoms with Gasteiger partial charge in [0, 0.05) is 11.6 Å². The molecule has 26 heavy (non-hydrogen) atoms. The van der Waals surface area contributed by atoms with Gasteiger partial charge in [-0.05, 0) is 71.3 Å². The molecule has 0 radical (unpaired) electrons. The summed E-state index contributed by atoms with van der Waals surface area (Å²) in [4.78, 5) is 11.9.